The summed E-state index contributed by atoms with van der Waals surface area (Å²) in [5, 5.41) is 6.72. The van der Waals surface area contributed by atoms with Crippen molar-refractivity contribution >= 4 is 33.4 Å². The minimum absolute atomic E-state index is 0.00529. The average Bonchev–Trinajstić information content (AvgIpc) is 2.65. The van der Waals surface area contributed by atoms with Gasteiger partial charge in [0.05, 0.1) is 6.54 Å². The molecule has 1 saturated heterocycles. The molecule has 1 aromatic rings. The van der Waals surface area contributed by atoms with Gasteiger partial charge in [0.15, 0.2) is 0 Å². The first-order chi connectivity index (χ1) is 13.1. The van der Waals surface area contributed by atoms with Gasteiger partial charge in [-0.25, -0.2) is 4.98 Å². The SMILES string of the molecule is C[13C@@H]1CCC[13C@H]([13CH3])[15N]1CC(=O)NCCC(=O)NCCSSc1ccccn1. The molecule has 6 nitrogen and oxygen atoms in total. The Balaban J connectivity index is 1.50. The third kappa shape index (κ3) is 8.53. The summed E-state index contributed by atoms with van der Waals surface area (Å²) in [6.45, 7) is 5.78. The highest BCUT2D eigenvalue weighted by Crippen LogP contribution is 2.28. The topological polar surface area (TPSA) is 74.3 Å². The molecule has 2 amide bonds. The Hall–Kier alpha value is -1.25. The van der Waals surface area contributed by atoms with Gasteiger partial charge in [-0.2, -0.15) is 0 Å². The number of likely N-dealkylation sites (tertiary alicyclic amines) is 1. The lowest BCUT2D eigenvalue weighted by molar-refractivity contribution is -0.124. The van der Waals surface area contributed by atoms with Crippen molar-refractivity contribution < 1.29 is 9.59 Å². The van der Waals surface area contributed by atoms with Crippen LogP contribution >= 0.6 is 21.6 Å². The molecule has 1 aliphatic rings. The summed E-state index contributed by atoms with van der Waals surface area (Å²) in [7, 11) is 3.26. The van der Waals surface area contributed by atoms with Crippen LogP contribution in [0.4, 0.5) is 0 Å². The molecule has 0 bridgehead atoms. The van der Waals surface area contributed by atoms with Crippen LogP contribution in [0.25, 0.3) is 0 Å². The van der Waals surface area contributed by atoms with Gasteiger partial charge in [0.25, 0.3) is 0 Å². The number of hydrogen-bond donors (Lipinski definition) is 2. The Morgan fingerprint density at radius 1 is 1.15 bits per heavy atom. The molecule has 0 unspecified atom stereocenters. The summed E-state index contributed by atoms with van der Waals surface area (Å²) in [5.74, 6) is 0.786. The molecule has 1 aliphatic heterocycles. The van der Waals surface area contributed by atoms with E-state index in [1.165, 1.54) is 6.42 Å². The van der Waals surface area contributed by atoms with Crippen LogP contribution in [-0.4, -0.2) is 59.2 Å². The Morgan fingerprint density at radius 3 is 2.59 bits per heavy atom. The van der Waals surface area contributed by atoms with Crippen LogP contribution in [0.3, 0.4) is 0 Å². The number of aromatic nitrogens is 1. The van der Waals surface area contributed by atoms with Gasteiger partial charge in [-0.15, -0.1) is 0 Å². The third-order valence-corrected chi connectivity index (χ3v) is 6.93. The molecule has 2 N–H and O–H groups in total. The minimum atomic E-state index is -0.0292. The molecule has 8 heteroatoms. The molecule has 0 saturated carbocycles. The number of carbonyl (C=O) groups is 2. The quantitative estimate of drug-likeness (QED) is 0.265. The van der Waals surface area contributed by atoms with Gasteiger partial charge in [0.2, 0.25) is 11.8 Å². The van der Waals surface area contributed by atoms with E-state index in [1.807, 2.05) is 18.2 Å². The highest BCUT2D eigenvalue weighted by Gasteiger charge is 2.26. The first-order valence-corrected chi connectivity index (χ1v) is 11.9. The predicted octanol–water partition coefficient (Wildman–Crippen LogP) is 2.71. The van der Waals surface area contributed by atoms with Crippen LogP contribution in [0.15, 0.2) is 29.4 Å². The lowest BCUT2D eigenvalue weighted by atomic mass is 10.3. The largest absolute Gasteiger partial charge is 0.355 e. The van der Waals surface area contributed by atoms with Gasteiger partial charge in [-0.3, -0.25) is 14.5 Å². The Labute approximate surface area is 170 Å². The maximum atomic E-state index is 12.1. The van der Waals surface area contributed by atoms with E-state index in [2.05, 4.69) is 34.4 Å². The zero-order valence-corrected chi connectivity index (χ0v) is 17.8. The lowest BCUT2D eigenvalue weighted by Crippen LogP contribution is -2.49. The number of rotatable bonds is 10. The van der Waals surface area contributed by atoms with E-state index in [1.54, 1.807) is 27.8 Å². The molecule has 27 heavy (non-hydrogen) atoms. The van der Waals surface area contributed by atoms with Crippen LogP contribution in [0.1, 0.15) is 39.5 Å². The highest BCUT2D eigenvalue weighted by molar-refractivity contribution is 8.76. The summed E-state index contributed by atoms with van der Waals surface area (Å²) in [4.78, 5) is 30.5. The number of hydrogen-bond acceptors (Lipinski definition) is 6. The van der Waals surface area contributed by atoms with Crippen molar-refractivity contribution in [3.63, 3.8) is 0 Å². The molecule has 0 spiro atoms. The van der Waals surface area contributed by atoms with Crippen molar-refractivity contribution in [1.29, 1.82) is 0 Å². The molecular formula is C19H30N4O2S2. The van der Waals surface area contributed by atoms with E-state index in [4.69, 9.17) is 0 Å². The van der Waals surface area contributed by atoms with Crippen LogP contribution in [0, 0.1) is 0 Å². The number of piperidine rings is 1. The maximum absolute atomic E-state index is 12.1. The van der Waals surface area contributed by atoms with Gasteiger partial charge in [-0.1, -0.05) is 23.3 Å². The van der Waals surface area contributed by atoms with Crippen molar-refractivity contribution in [2.24, 2.45) is 0 Å². The summed E-state index contributed by atoms with van der Waals surface area (Å²) in [5.41, 5.74) is 0. The Morgan fingerprint density at radius 2 is 1.89 bits per heavy atom. The van der Waals surface area contributed by atoms with Gasteiger partial charge >= 0.3 is 0 Å². The smallest absolute Gasteiger partial charge is 0.234 e. The first-order valence-electron chi connectivity index (χ1n) is 9.56. The van der Waals surface area contributed by atoms with E-state index in [-0.39, 0.29) is 11.8 Å². The predicted molar refractivity (Wildman–Crippen MR) is 113 cm³/mol. The molecule has 1 fully saturated rings. The second-order valence-electron chi connectivity index (χ2n) is 6.82. The number of carbonyl (C=O) groups excluding carboxylic acids is 2. The van der Waals surface area contributed by atoms with E-state index in [0.29, 0.717) is 38.1 Å². The summed E-state index contributed by atoms with van der Waals surface area (Å²) in [6.07, 6.45) is 5.62. The molecular weight excluding hydrogens is 384 g/mol. The van der Waals surface area contributed by atoms with Crippen molar-refractivity contribution in [3.8, 4) is 0 Å². The van der Waals surface area contributed by atoms with Crippen LogP contribution < -0.4 is 10.6 Å². The maximum Gasteiger partial charge on any atom is 0.234 e. The lowest BCUT2D eigenvalue weighted by Gasteiger charge is -2.38. The van der Waals surface area contributed by atoms with E-state index in [9.17, 15) is 9.59 Å². The Kier molecular flexibility index (Phi) is 10.0. The first kappa shape index (κ1) is 22.0. The van der Waals surface area contributed by atoms with E-state index in [0.717, 1.165) is 23.6 Å². The Bertz CT molecular complexity index is 578. The number of nitrogens with one attached hydrogen (secondary N) is 2. The van der Waals surface area contributed by atoms with Crippen LogP contribution in [0.5, 0.6) is 0 Å². The normalized spacial score (nSPS) is 20.2. The fourth-order valence-corrected chi connectivity index (χ4v) is 4.93. The zero-order chi connectivity index (χ0) is 19.5. The molecule has 2 heterocycles. The van der Waals surface area contributed by atoms with Gasteiger partial charge < -0.3 is 10.6 Å². The van der Waals surface area contributed by atoms with Crippen molar-refractivity contribution in [1.82, 2.24) is 20.5 Å². The van der Waals surface area contributed by atoms with Crippen LogP contribution in [-0.2, 0) is 9.59 Å². The van der Waals surface area contributed by atoms with E-state index >= 15 is 0 Å². The highest BCUT2D eigenvalue weighted by atomic mass is 33.1. The van der Waals surface area contributed by atoms with Gasteiger partial charge in [-0.05, 0) is 49.6 Å². The molecule has 150 valence electrons. The van der Waals surface area contributed by atoms with Crippen molar-refractivity contribution in [2.45, 2.75) is 56.6 Å². The fourth-order valence-electron chi connectivity index (χ4n) is 3.14. The van der Waals surface area contributed by atoms with Gasteiger partial charge in [0.1, 0.15) is 5.03 Å². The molecule has 0 aliphatic carbocycles. The van der Waals surface area contributed by atoms with Gasteiger partial charge in [0, 0.05) is 43.5 Å². The summed E-state index contributed by atoms with van der Waals surface area (Å²) >= 11 is 0. The number of nitrogens with zero attached hydrogens (tertiary/aromatic N) is 2. The zero-order valence-electron chi connectivity index (χ0n) is 16.1. The molecule has 2 rings (SSSR count). The molecule has 2 atom stereocenters. The molecule has 0 aromatic carbocycles. The van der Waals surface area contributed by atoms with Crippen LogP contribution in [0.2, 0.25) is 0 Å². The summed E-state index contributed by atoms with van der Waals surface area (Å²) < 4.78 is 0. The minimum Gasteiger partial charge on any atom is -0.355 e. The average molecular weight is 415 g/mol. The third-order valence-electron chi connectivity index (χ3n) is 4.67. The standard InChI is InChI=1S/C19H30N4O2S2/c1-15-6-5-7-16(2)23(15)14-18(25)20-11-9-17(24)21-12-13-26-27-19-8-3-4-10-22-19/h3-4,8,10,15-16H,5-7,9,11-14H2,1-2H3,(H,20,25)(H,21,24)/t15-,16+/i1+1,15+1,16+1,23+1/m0/s1. The monoisotopic (exact) mass is 414 g/mol. The number of amides is 2. The number of pyridine rings is 1. The molecule has 0 radical (unpaired) electrons. The van der Waals surface area contributed by atoms with Crippen molar-refractivity contribution in [2.75, 3.05) is 25.4 Å². The van der Waals surface area contributed by atoms with E-state index < -0.39 is 0 Å². The summed E-state index contributed by atoms with van der Waals surface area (Å²) in [6, 6.07) is 6.71. The second-order valence-corrected chi connectivity index (χ2v) is 9.26. The fraction of sp³-hybridized carbons (Fsp3) is 0.632. The molecule has 1 aromatic heterocycles. The second kappa shape index (κ2) is 12.3. The van der Waals surface area contributed by atoms with Crippen molar-refractivity contribution in [3.05, 3.63) is 24.4 Å².